The summed E-state index contributed by atoms with van der Waals surface area (Å²) in [5.41, 5.74) is 1.01. The molecule has 0 aliphatic carbocycles. The molecule has 112 valence electrons. The van der Waals surface area contributed by atoms with Gasteiger partial charge in [0, 0.05) is 5.92 Å². The van der Waals surface area contributed by atoms with Crippen LogP contribution < -0.4 is 10.3 Å². The molecule has 0 saturated carbocycles. The number of amides is 1. The van der Waals surface area contributed by atoms with Gasteiger partial charge in [-0.3, -0.25) is 10.2 Å². The smallest absolute Gasteiger partial charge is 0.277 e. The van der Waals surface area contributed by atoms with E-state index in [0.717, 1.165) is 12.1 Å². The lowest BCUT2D eigenvalue weighted by Crippen LogP contribution is -2.43. The monoisotopic (exact) mass is 310 g/mol. The van der Waals surface area contributed by atoms with Crippen LogP contribution in [0.25, 0.3) is 0 Å². The fourth-order valence-corrected chi connectivity index (χ4v) is 1.99. The van der Waals surface area contributed by atoms with Crippen LogP contribution in [0.2, 0.25) is 0 Å². The predicted octanol–water partition coefficient (Wildman–Crippen LogP) is 1.67. The summed E-state index contributed by atoms with van der Waals surface area (Å²) in [6, 6.07) is 2.93. The maximum absolute atomic E-state index is 12.3. The number of rotatable bonds is 4. The van der Waals surface area contributed by atoms with Crippen molar-refractivity contribution in [1.29, 1.82) is 0 Å². The molecule has 0 aliphatic heterocycles. The number of hydrazine groups is 1. The Balaban J connectivity index is 2.86. The van der Waals surface area contributed by atoms with Crippen molar-refractivity contribution in [1.82, 2.24) is 10.3 Å². The van der Waals surface area contributed by atoms with Crippen molar-refractivity contribution >= 4 is 15.9 Å². The first kappa shape index (κ1) is 16.4. The lowest BCUT2D eigenvalue weighted by Gasteiger charge is -2.11. The molecule has 0 saturated heterocycles. The van der Waals surface area contributed by atoms with Crippen LogP contribution in [0.1, 0.15) is 19.4 Å². The minimum Gasteiger partial charge on any atom is -0.277 e. The van der Waals surface area contributed by atoms with Gasteiger partial charge in [-0.1, -0.05) is 13.8 Å². The van der Waals surface area contributed by atoms with E-state index in [-0.39, 0.29) is 4.90 Å². The number of hydrogen-bond acceptors (Lipinski definition) is 3. The zero-order chi connectivity index (χ0) is 15.6. The molecule has 0 fully saturated rings. The molecule has 2 N–H and O–H groups in total. The van der Waals surface area contributed by atoms with Crippen molar-refractivity contribution in [2.24, 2.45) is 5.92 Å². The molecule has 1 rings (SSSR count). The molecule has 0 unspecified atom stereocenters. The Hall–Kier alpha value is -1.61. The van der Waals surface area contributed by atoms with Crippen LogP contribution in [0.5, 0.6) is 0 Å². The third-order valence-electron chi connectivity index (χ3n) is 2.32. The van der Waals surface area contributed by atoms with Crippen LogP contribution in [-0.4, -0.2) is 14.3 Å². The number of sulfonamides is 1. The molecule has 0 atom stereocenters. The first-order chi connectivity index (χ1) is 9.04. The Morgan fingerprint density at radius 2 is 1.65 bits per heavy atom. The average Bonchev–Trinajstić information content (AvgIpc) is 2.35. The Bertz CT molecular complexity index is 580. The topological polar surface area (TPSA) is 75.3 Å². The highest BCUT2D eigenvalue weighted by atomic mass is 32.2. The number of alkyl halides is 3. The molecule has 0 heterocycles. The Morgan fingerprint density at radius 1 is 1.15 bits per heavy atom. The van der Waals surface area contributed by atoms with Crippen molar-refractivity contribution in [3.63, 3.8) is 0 Å². The molecule has 1 aromatic carbocycles. The van der Waals surface area contributed by atoms with Crippen LogP contribution in [-0.2, 0) is 21.0 Å². The van der Waals surface area contributed by atoms with E-state index in [0.29, 0.717) is 12.1 Å². The number of benzene rings is 1. The first-order valence-electron chi connectivity index (χ1n) is 5.53. The Labute approximate surface area is 114 Å². The van der Waals surface area contributed by atoms with E-state index in [2.05, 4.69) is 0 Å². The summed E-state index contributed by atoms with van der Waals surface area (Å²) in [7, 11) is -4.10. The van der Waals surface area contributed by atoms with Gasteiger partial charge in [0.2, 0.25) is 5.91 Å². The van der Waals surface area contributed by atoms with Gasteiger partial charge in [0.15, 0.2) is 0 Å². The molecule has 0 aliphatic rings. The molecule has 1 aromatic rings. The molecule has 0 radical (unpaired) electrons. The molecule has 9 heteroatoms. The van der Waals surface area contributed by atoms with Gasteiger partial charge in [-0.25, -0.2) is 8.42 Å². The maximum atomic E-state index is 12.3. The third kappa shape index (κ3) is 4.20. The molecule has 0 spiro atoms. The van der Waals surface area contributed by atoms with Gasteiger partial charge in [0.1, 0.15) is 0 Å². The summed E-state index contributed by atoms with van der Waals surface area (Å²) in [5.74, 6) is -0.995. The maximum Gasteiger partial charge on any atom is 0.416 e. The summed E-state index contributed by atoms with van der Waals surface area (Å²) in [4.78, 5) is 12.6. The highest BCUT2D eigenvalue weighted by Gasteiger charge is 2.30. The number of carbonyl (C=O) groups is 1. The average molecular weight is 310 g/mol. The molecule has 5 nitrogen and oxygen atoms in total. The summed E-state index contributed by atoms with van der Waals surface area (Å²) in [6.45, 7) is 3.11. The molecular formula is C11H13F3N2O3S. The van der Waals surface area contributed by atoms with Crippen molar-refractivity contribution < 1.29 is 26.4 Å². The van der Waals surface area contributed by atoms with Gasteiger partial charge in [0.25, 0.3) is 10.0 Å². The predicted molar refractivity (Wildman–Crippen MR) is 64.7 cm³/mol. The van der Waals surface area contributed by atoms with Gasteiger partial charge in [-0.05, 0) is 24.3 Å². The van der Waals surface area contributed by atoms with E-state index in [1.165, 1.54) is 0 Å². The summed E-state index contributed by atoms with van der Waals surface area (Å²) < 4.78 is 60.4. The second kappa shape index (κ2) is 5.80. The van der Waals surface area contributed by atoms with E-state index in [1.54, 1.807) is 18.7 Å². The zero-order valence-corrected chi connectivity index (χ0v) is 11.5. The second-order valence-corrected chi connectivity index (χ2v) is 5.95. The van der Waals surface area contributed by atoms with Crippen molar-refractivity contribution in [3.8, 4) is 0 Å². The Kier molecular flexibility index (Phi) is 4.77. The number of carbonyl (C=O) groups excluding carboxylic acids is 1. The van der Waals surface area contributed by atoms with Crippen LogP contribution in [0.4, 0.5) is 13.2 Å². The van der Waals surface area contributed by atoms with E-state index in [1.807, 2.05) is 5.43 Å². The van der Waals surface area contributed by atoms with Crippen LogP contribution in [0.15, 0.2) is 29.2 Å². The fourth-order valence-electron chi connectivity index (χ4n) is 1.14. The Morgan fingerprint density at radius 3 is 2.05 bits per heavy atom. The van der Waals surface area contributed by atoms with Crippen LogP contribution in [0.3, 0.4) is 0 Å². The van der Waals surface area contributed by atoms with Crippen molar-refractivity contribution in [2.75, 3.05) is 0 Å². The van der Waals surface area contributed by atoms with E-state index >= 15 is 0 Å². The summed E-state index contributed by atoms with van der Waals surface area (Å²) in [5, 5.41) is 0. The van der Waals surface area contributed by atoms with Crippen LogP contribution in [0, 0.1) is 5.92 Å². The zero-order valence-electron chi connectivity index (χ0n) is 10.7. The van der Waals surface area contributed by atoms with Crippen LogP contribution >= 0.6 is 0 Å². The molecule has 20 heavy (non-hydrogen) atoms. The molecule has 0 aromatic heterocycles. The fraction of sp³-hybridized carbons (Fsp3) is 0.364. The standard InChI is InChI=1S/C11H13F3N2O3S/c1-7(2)10(17)15-16-20(18,19)9-5-3-8(4-6-9)11(12,13)14/h3-7,16H,1-2H3,(H,15,17). The van der Waals surface area contributed by atoms with Gasteiger partial charge in [0.05, 0.1) is 10.5 Å². The highest BCUT2D eigenvalue weighted by molar-refractivity contribution is 7.89. The van der Waals surface area contributed by atoms with Crippen molar-refractivity contribution in [2.45, 2.75) is 24.9 Å². The normalized spacial score (nSPS) is 12.5. The quantitative estimate of drug-likeness (QED) is 0.831. The second-order valence-electron chi connectivity index (χ2n) is 4.27. The first-order valence-corrected chi connectivity index (χ1v) is 7.01. The van der Waals surface area contributed by atoms with Gasteiger partial charge >= 0.3 is 6.18 Å². The minimum absolute atomic E-state index is 0.380. The lowest BCUT2D eigenvalue weighted by molar-refractivity contribution is -0.137. The van der Waals surface area contributed by atoms with Gasteiger partial charge in [-0.2, -0.15) is 13.2 Å². The number of halogens is 3. The summed E-state index contributed by atoms with van der Waals surface area (Å²) >= 11 is 0. The highest BCUT2D eigenvalue weighted by Crippen LogP contribution is 2.29. The van der Waals surface area contributed by atoms with E-state index in [4.69, 9.17) is 0 Å². The molecular weight excluding hydrogens is 297 g/mol. The van der Waals surface area contributed by atoms with E-state index < -0.39 is 33.6 Å². The van der Waals surface area contributed by atoms with E-state index in [9.17, 15) is 26.4 Å². The molecule has 1 amide bonds. The van der Waals surface area contributed by atoms with Gasteiger partial charge < -0.3 is 0 Å². The number of hydrogen-bond donors (Lipinski definition) is 2. The number of nitrogens with one attached hydrogen (secondary N) is 2. The SMILES string of the molecule is CC(C)C(=O)NNS(=O)(=O)c1ccc(C(F)(F)F)cc1. The lowest BCUT2D eigenvalue weighted by atomic mass is 10.2. The third-order valence-corrected chi connectivity index (χ3v) is 3.59. The summed E-state index contributed by atoms with van der Waals surface area (Å²) in [6.07, 6.45) is -4.54. The minimum atomic E-state index is -4.54. The molecule has 0 bridgehead atoms. The largest absolute Gasteiger partial charge is 0.416 e. The van der Waals surface area contributed by atoms with Gasteiger partial charge in [-0.15, -0.1) is 4.83 Å². The van der Waals surface area contributed by atoms with Crippen molar-refractivity contribution in [3.05, 3.63) is 29.8 Å².